The molecule has 0 amide bonds. The van der Waals surface area contributed by atoms with E-state index in [1.54, 1.807) is 43.5 Å². The molecule has 0 N–H and O–H groups in total. The van der Waals surface area contributed by atoms with E-state index in [-0.39, 0.29) is 0 Å². The second-order valence-corrected chi connectivity index (χ2v) is 4.04. The molecule has 0 saturated carbocycles. The van der Waals surface area contributed by atoms with E-state index < -0.39 is 0 Å². The fourth-order valence-corrected chi connectivity index (χ4v) is 1.57. The first-order valence-corrected chi connectivity index (χ1v) is 6.25. The Kier molecular flexibility index (Phi) is 5.08. The summed E-state index contributed by atoms with van der Waals surface area (Å²) in [6.07, 6.45) is 0. The number of nitrogens with zero attached hydrogens (tertiary/aromatic N) is 2. The third-order valence-electron chi connectivity index (χ3n) is 2.58. The number of hydrogen-bond acceptors (Lipinski definition) is 4. The van der Waals surface area contributed by atoms with Gasteiger partial charge in [0.05, 0.1) is 6.61 Å². The zero-order chi connectivity index (χ0) is 14.2. The summed E-state index contributed by atoms with van der Waals surface area (Å²) in [6, 6.07) is 15.9. The van der Waals surface area contributed by atoms with Crippen molar-refractivity contribution < 1.29 is 14.3 Å². The molecular weight excluding hydrogens is 256 g/mol. The molecule has 2 aromatic carbocycles. The summed E-state index contributed by atoms with van der Waals surface area (Å²) in [5, 5.41) is 15.8. The molecule has 0 aliphatic rings. The molecule has 104 valence electrons. The molecule has 2 rings (SSSR count). The zero-order valence-electron chi connectivity index (χ0n) is 11.2. The van der Waals surface area contributed by atoms with Crippen molar-refractivity contribution in [3.05, 3.63) is 59.8 Å². The van der Waals surface area contributed by atoms with Gasteiger partial charge in [0.25, 0.3) is 0 Å². The van der Waals surface area contributed by atoms with Gasteiger partial charge >= 0.3 is 0 Å². The van der Waals surface area contributed by atoms with E-state index in [9.17, 15) is 5.21 Å². The summed E-state index contributed by atoms with van der Waals surface area (Å²) in [4.78, 5) is 0.592. The molecule has 0 atom stereocenters. The van der Waals surface area contributed by atoms with Gasteiger partial charge in [-0.1, -0.05) is 23.1 Å². The van der Waals surface area contributed by atoms with Crippen molar-refractivity contribution in [1.29, 1.82) is 0 Å². The van der Waals surface area contributed by atoms with Crippen LogP contribution in [0.4, 0.5) is 11.4 Å². The SMILES string of the molecule is COCCOc1ccc([N+]([O-])=Nc2ccccc2)cc1. The lowest BCUT2D eigenvalue weighted by atomic mass is 10.3. The Labute approximate surface area is 117 Å². The Morgan fingerprint density at radius 2 is 1.70 bits per heavy atom. The predicted molar refractivity (Wildman–Crippen MR) is 75.6 cm³/mol. The maximum Gasteiger partial charge on any atom is 0.245 e. The highest BCUT2D eigenvalue weighted by molar-refractivity contribution is 5.37. The lowest BCUT2D eigenvalue weighted by Crippen LogP contribution is -2.04. The fraction of sp³-hybridized carbons (Fsp3) is 0.200. The van der Waals surface area contributed by atoms with Gasteiger partial charge in [0, 0.05) is 24.4 Å². The number of rotatable bonds is 6. The Morgan fingerprint density at radius 1 is 1.00 bits per heavy atom. The maximum atomic E-state index is 11.9. The van der Waals surface area contributed by atoms with Crippen molar-refractivity contribution in [2.24, 2.45) is 5.11 Å². The molecule has 0 radical (unpaired) electrons. The summed E-state index contributed by atoms with van der Waals surface area (Å²) in [7, 11) is 1.62. The van der Waals surface area contributed by atoms with Crippen LogP contribution in [0.15, 0.2) is 59.7 Å². The van der Waals surface area contributed by atoms with E-state index in [2.05, 4.69) is 5.11 Å². The molecule has 20 heavy (non-hydrogen) atoms. The van der Waals surface area contributed by atoms with E-state index in [1.807, 2.05) is 18.2 Å². The minimum absolute atomic E-state index is 0.452. The van der Waals surface area contributed by atoms with Gasteiger partial charge in [-0.2, -0.15) is 0 Å². The Morgan fingerprint density at radius 3 is 2.35 bits per heavy atom. The average Bonchev–Trinajstić information content (AvgIpc) is 2.49. The Bertz CT molecular complexity index is 553. The van der Waals surface area contributed by atoms with Crippen LogP contribution in [0.2, 0.25) is 0 Å². The van der Waals surface area contributed by atoms with Crippen LogP contribution in [0.25, 0.3) is 0 Å². The molecule has 0 aliphatic heterocycles. The van der Waals surface area contributed by atoms with Crippen molar-refractivity contribution in [1.82, 2.24) is 0 Å². The summed E-state index contributed by atoms with van der Waals surface area (Å²) in [5.41, 5.74) is 1.07. The molecule has 5 nitrogen and oxygen atoms in total. The maximum absolute atomic E-state index is 11.9. The van der Waals surface area contributed by atoms with Crippen LogP contribution < -0.4 is 4.74 Å². The largest absolute Gasteiger partial charge is 0.594 e. The normalized spacial score (nSPS) is 11.3. The third kappa shape index (κ3) is 4.07. The minimum Gasteiger partial charge on any atom is -0.594 e. The quantitative estimate of drug-likeness (QED) is 0.349. The van der Waals surface area contributed by atoms with E-state index >= 15 is 0 Å². The molecular formula is C15H16N2O3. The number of methoxy groups -OCH3 is 1. The molecule has 0 fully saturated rings. The molecule has 0 aliphatic carbocycles. The highest BCUT2D eigenvalue weighted by Gasteiger charge is 2.04. The minimum atomic E-state index is 0.452. The molecule has 5 heteroatoms. The number of azo groups is 1. The van der Waals surface area contributed by atoms with E-state index in [0.717, 1.165) is 0 Å². The Hall–Kier alpha value is -2.40. The smallest absolute Gasteiger partial charge is 0.245 e. The van der Waals surface area contributed by atoms with Crippen molar-refractivity contribution in [3.63, 3.8) is 0 Å². The number of benzene rings is 2. The molecule has 0 aromatic heterocycles. The van der Waals surface area contributed by atoms with Crippen molar-refractivity contribution in [2.75, 3.05) is 20.3 Å². The molecule has 2 aromatic rings. The van der Waals surface area contributed by atoms with E-state index in [1.165, 1.54) is 0 Å². The Balaban J connectivity index is 2.04. The standard InChI is InChI=1S/C15H16N2O3/c1-19-11-12-20-15-9-7-14(8-10-15)17(18)16-13-5-3-2-4-6-13/h2-10H,11-12H2,1H3. The van der Waals surface area contributed by atoms with Crippen LogP contribution in [0, 0.1) is 5.21 Å². The molecule has 0 saturated heterocycles. The predicted octanol–water partition coefficient (Wildman–Crippen LogP) is 3.64. The van der Waals surface area contributed by atoms with Gasteiger partial charge in [0.2, 0.25) is 5.69 Å². The van der Waals surface area contributed by atoms with Crippen LogP contribution >= 0.6 is 0 Å². The highest BCUT2D eigenvalue weighted by Crippen LogP contribution is 2.20. The van der Waals surface area contributed by atoms with Gasteiger partial charge < -0.3 is 14.7 Å². The number of hydrogen-bond donors (Lipinski definition) is 0. The van der Waals surface area contributed by atoms with Crippen LogP contribution in [0.1, 0.15) is 0 Å². The van der Waals surface area contributed by atoms with Gasteiger partial charge in [-0.3, -0.25) is 0 Å². The highest BCUT2D eigenvalue weighted by atomic mass is 16.5. The second-order valence-electron chi connectivity index (χ2n) is 4.04. The molecule has 0 bridgehead atoms. The van der Waals surface area contributed by atoms with Gasteiger partial charge in [0.15, 0.2) is 0 Å². The average molecular weight is 272 g/mol. The first kappa shape index (κ1) is 14.0. The summed E-state index contributed by atoms with van der Waals surface area (Å²) in [5.74, 6) is 0.693. The lowest BCUT2D eigenvalue weighted by molar-refractivity contribution is -0.435. The number of ether oxygens (including phenoxy) is 2. The van der Waals surface area contributed by atoms with E-state index in [0.29, 0.717) is 35.2 Å². The van der Waals surface area contributed by atoms with Crippen LogP contribution in [-0.2, 0) is 4.74 Å². The monoisotopic (exact) mass is 272 g/mol. The summed E-state index contributed by atoms with van der Waals surface area (Å²) >= 11 is 0. The van der Waals surface area contributed by atoms with Crippen molar-refractivity contribution in [3.8, 4) is 5.75 Å². The lowest BCUT2D eigenvalue weighted by Gasteiger charge is -2.05. The third-order valence-corrected chi connectivity index (χ3v) is 2.58. The van der Waals surface area contributed by atoms with Gasteiger partial charge in [-0.05, 0) is 24.3 Å². The molecule has 0 spiro atoms. The second kappa shape index (κ2) is 7.25. The van der Waals surface area contributed by atoms with Gasteiger partial charge in [-0.15, -0.1) is 0 Å². The topological polar surface area (TPSA) is 56.9 Å². The first-order valence-electron chi connectivity index (χ1n) is 6.25. The van der Waals surface area contributed by atoms with Crippen molar-refractivity contribution >= 4 is 11.4 Å². The first-order chi connectivity index (χ1) is 9.79. The summed E-state index contributed by atoms with van der Waals surface area (Å²) < 4.78 is 10.3. The van der Waals surface area contributed by atoms with Gasteiger partial charge in [-0.25, -0.2) is 0 Å². The van der Waals surface area contributed by atoms with Gasteiger partial charge in [0.1, 0.15) is 18.0 Å². The van der Waals surface area contributed by atoms with Crippen LogP contribution in [0.5, 0.6) is 5.75 Å². The van der Waals surface area contributed by atoms with Crippen LogP contribution in [0.3, 0.4) is 0 Å². The van der Waals surface area contributed by atoms with E-state index in [4.69, 9.17) is 9.47 Å². The molecule has 0 unspecified atom stereocenters. The van der Waals surface area contributed by atoms with Crippen LogP contribution in [-0.4, -0.2) is 25.2 Å². The fourth-order valence-electron chi connectivity index (χ4n) is 1.57. The summed E-state index contributed by atoms with van der Waals surface area (Å²) in [6.45, 7) is 1.00. The molecule has 0 heterocycles. The zero-order valence-corrected chi connectivity index (χ0v) is 11.2. The van der Waals surface area contributed by atoms with Crippen molar-refractivity contribution in [2.45, 2.75) is 0 Å².